The van der Waals surface area contributed by atoms with Crippen LogP contribution in [-0.4, -0.2) is 18.2 Å². The Hall–Kier alpha value is -2.49. The standard InChI is InChI=1S/C15H14O4/c1-18-12-7-8-14(13(9-12)15(16)17)19-10-11-5-3-2-4-6-11/h2-9H,10H2,1H3,(H,16,17). The molecule has 0 amide bonds. The molecular weight excluding hydrogens is 244 g/mol. The largest absolute Gasteiger partial charge is 0.497 e. The summed E-state index contributed by atoms with van der Waals surface area (Å²) in [6.07, 6.45) is 0. The van der Waals surface area contributed by atoms with Gasteiger partial charge < -0.3 is 14.6 Å². The van der Waals surface area contributed by atoms with Crippen molar-refractivity contribution < 1.29 is 19.4 Å². The zero-order valence-electron chi connectivity index (χ0n) is 10.5. The minimum absolute atomic E-state index is 0.0929. The number of carboxylic acids is 1. The van der Waals surface area contributed by atoms with Crippen LogP contribution in [0, 0.1) is 0 Å². The Kier molecular flexibility index (Phi) is 4.03. The third kappa shape index (κ3) is 3.25. The van der Waals surface area contributed by atoms with Gasteiger partial charge >= 0.3 is 5.97 Å². The van der Waals surface area contributed by atoms with Crippen molar-refractivity contribution in [2.24, 2.45) is 0 Å². The van der Waals surface area contributed by atoms with Gasteiger partial charge in [0.25, 0.3) is 0 Å². The minimum atomic E-state index is -1.04. The fourth-order valence-corrected chi connectivity index (χ4v) is 1.66. The molecule has 0 heterocycles. The van der Waals surface area contributed by atoms with E-state index in [-0.39, 0.29) is 5.56 Å². The van der Waals surface area contributed by atoms with E-state index in [1.165, 1.54) is 13.2 Å². The number of aromatic carboxylic acids is 1. The highest BCUT2D eigenvalue weighted by molar-refractivity contribution is 5.91. The van der Waals surface area contributed by atoms with Crippen LogP contribution in [0.25, 0.3) is 0 Å². The van der Waals surface area contributed by atoms with Gasteiger partial charge in [-0.25, -0.2) is 4.79 Å². The van der Waals surface area contributed by atoms with E-state index in [0.717, 1.165) is 5.56 Å². The predicted octanol–water partition coefficient (Wildman–Crippen LogP) is 2.97. The van der Waals surface area contributed by atoms with Crippen molar-refractivity contribution in [3.8, 4) is 11.5 Å². The molecule has 1 N–H and O–H groups in total. The maximum absolute atomic E-state index is 11.2. The molecule has 98 valence electrons. The number of hydrogen-bond acceptors (Lipinski definition) is 3. The third-order valence-corrected chi connectivity index (χ3v) is 2.65. The summed E-state index contributed by atoms with van der Waals surface area (Å²) < 4.78 is 10.6. The first-order valence-corrected chi connectivity index (χ1v) is 5.79. The molecule has 4 nitrogen and oxygen atoms in total. The molecule has 2 aromatic carbocycles. The van der Waals surface area contributed by atoms with Crippen LogP contribution in [0.3, 0.4) is 0 Å². The molecule has 2 aromatic rings. The Bertz CT molecular complexity index is 564. The summed E-state index contributed by atoms with van der Waals surface area (Å²) in [6, 6.07) is 14.3. The van der Waals surface area contributed by atoms with E-state index in [1.54, 1.807) is 12.1 Å². The van der Waals surface area contributed by atoms with Crippen LogP contribution in [-0.2, 0) is 6.61 Å². The van der Waals surface area contributed by atoms with Gasteiger partial charge in [0.2, 0.25) is 0 Å². The maximum atomic E-state index is 11.2. The van der Waals surface area contributed by atoms with E-state index < -0.39 is 5.97 Å². The van der Waals surface area contributed by atoms with Crippen LogP contribution in [0.4, 0.5) is 0 Å². The summed E-state index contributed by atoms with van der Waals surface area (Å²) in [7, 11) is 1.49. The molecule has 19 heavy (non-hydrogen) atoms. The van der Waals surface area contributed by atoms with Gasteiger partial charge in [-0.3, -0.25) is 0 Å². The van der Waals surface area contributed by atoms with Gasteiger partial charge in [0.15, 0.2) is 0 Å². The lowest BCUT2D eigenvalue weighted by molar-refractivity contribution is 0.0691. The van der Waals surface area contributed by atoms with E-state index >= 15 is 0 Å². The van der Waals surface area contributed by atoms with Gasteiger partial charge in [-0.2, -0.15) is 0 Å². The van der Waals surface area contributed by atoms with Crippen molar-refractivity contribution in [3.63, 3.8) is 0 Å². The van der Waals surface area contributed by atoms with E-state index in [1.807, 2.05) is 30.3 Å². The van der Waals surface area contributed by atoms with Crippen molar-refractivity contribution in [2.45, 2.75) is 6.61 Å². The summed E-state index contributed by atoms with van der Waals surface area (Å²) in [6.45, 7) is 0.327. The second-order valence-electron chi connectivity index (χ2n) is 3.94. The average molecular weight is 258 g/mol. The molecule has 0 bridgehead atoms. The maximum Gasteiger partial charge on any atom is 0.339 e. The molecule has 0 aliphatic carbocycles. The van der Waals surface area contributed by atoms with Gasteiger partial charge in [-0.05, 0) is 23.8 Å². The fourth-order valence-electron chi connectivity index (χ4n) is 1.66. The molecular formula is C15H14O4. The van der Waals surface area contributed by atoms with Crippen LogP contribution in [0.2, 0.25) is 0 Å². The summed E-state index contributed by atoms with van der Waals surface area (Å²) >= 11 is 0. The lowest BCUT2D eigenvalue weighted by Crippen LogP contribution is -2.03. The van der Waals surface area contributed by atoms with Gasteiger partial charge in [0.05, 0.1) is 7.11 Å². The Morgan fingerprint density at radius 2 is 1.89 bits per heavy atom. The number of rotatable bonds is 5. The molecule has 0 aliphatic rings. The molecule has 4 heteroatoms. The molecule has 0 radical (unpaired) electrons. The number of carboxylic acid groups (broad SMARTS) is 1. The van der Waals surface area contributed by atoms with Crippen LogP contribution in [0.15, 0.2) is 48.5 Å². The zero-order valence-corrected chi connectivity index (χ0v) is 10.5. The van der Waals surface area contributed by atoms with Gasteiger partial charge in [-0.1, -0.05) is 30.3 Å². The molecule has 0 spiro atoms. The summed E-state index contributed by atoms with van der Waals surface area (Å²) in [4.78, 5) is 11.2. The Labute approximate surface area is 111 Å². The Morgan fingerprint density at radius 3 is 2.53 bits per heavy atom. The van der Waals surface area contributed by atoms with E-state index in [0.29, 0.717) is 18.1 Å². The normalized spacial score (nSPS) is 9.95. The monoisotopic (exact) mass is 258 g/mol. The third-order valence-electron chi connectivity index (χ3n) is 2.65. The van der Waals surface area contributed by atoms with Crippen molar-refractivity contribution in [1.82, 2.24) is 0 Å². The van der Waals surface area contributed by atoms with E-state index in [2.05, 4.69) is 0 Å². The first kappa shape index (κ1) is 13.0. The molecule has 0 aliphatic heterocycles. The topological polar surface area (TPSA) is 55.8 Å². The number of ether oxygens (including phenoxy) is 2. The Balaban J connectivity index is 2.18. The van der Waals surface area contributed by atoms with Crippen molar-refractivity contribution in [1.29, 1.82) is 0 Å². The van der Waals surface area contributed by atoms with Gasteiger partial charge in [0, 0.05) is 0 Å². The molecule has 0 saturated heterocycles. The number of hydrogen-bond donors (Lipinski definition) is 1. The highest BCUT2D eigenvalue weighted by Gasteiger charge is 2.12. The van der Waals surface area contributed by atoms with Crippen LogP contribution < -0.4 is 9.47 Å². The molecule has 0 atom stereocenters. The lowest BCUT2D eigenvalue weighted by Gasteiger charge is -2.10. The summed E-state index contributed by atoms with van der Waals surface area (Å²) in [5.41, 5.74) is 1.07. The second-order valence-corrected chi connectivity index (χ2v) is 3.94. The molecule has 0 fully saturated rings. The van der Waals surface area contributed by atoms with E-state index in [9.17, 15) is 4.79 Å². The molecule has 0 aromatic heterocycles. The summed E-state index contributed by atoms with van der Waals surface area (Å²) in [5.74, 6) is -0.219. The average Bonchev–Trinajstić information content (AvgIpc) is 2.46. The van der Waals surface area contributed by atoms with Crippen molar-refractivity contribution in [2.75, 3.05) is 7.11 Å². The number of benzene rings is 2. The summed E-state index contributed by atoms with van der Waals surface area (Å²) in [5, 5.41) is 9.15. The number of carbonyl (C=O) groups is 1. The van der Waals surface area contributed by atoms with E-state index in [4.69, 9.17) is 14.6 Å². The van der Waals surface area contributed by atoms with Crippen LogP contribution >= 0.6 is 0 Å². The van der Waals surface area contributed by atoms with Crippen LogP contribution in [0.1, 0.15) is 15.9 Å². The van der Waals surface area contributed by atoms with Gasteiger partial charge in [-0.15, -0.1) is 0 Å². The zero-order chi connectivity index (χ0) is 13.7. The smallest absolute Gasteiger partial charge is 0.339 e. The highest BCUT2D eigenvalue weighted by atomic mass is 16.5. The number of methoxy groups -OCH3 is 1. The second kappa shape index (κ2) is 5.91. The van der Waals surface area contributed by atoms with Crippen LogP contribution in [0.5, 0.6) is 11.5 Å². The lowest BCUT2D eigenvalue weighted by atomic mass is 10.2. The fraction of sp³-hybridized carbons (Fsp3) is 0.133. The first-order chi connectivity index (χ1) is 9.20. The van der Waals surface area contributed by atoms with Gasteiger partial charge in [0.1, 0.15) is 23.7 Å². The minimum Gasteiger partial charge on any atom is -0.497 e. The molecule has 2 rings (SSSR count). The Morgan fingerprint density at radius 1 is 1.16 bits per heavy atom. The first-order valence-electron chi connectivity index (χ1n) is 5.79. The SMILES string of the molecule is COc1ccc(OCc2ccccc2)c(C(=O)O)c1. The quantitative estimate of drug-likeness (QED) is 0.895. The van der Waals surface area contributed by atoms with Crippen molar-refractivity contribution >= 4 is 5.97 Å². The van der Waals surface area contributed by atoms with Crippen molar-refractivity contribution in [3.05, 3.63) is 59.7 Å². The predicted molar refractivity (Wildman–Crippen MR) is 70.7 cm³/mol. The highest BCUT2D eigenvalue weighted by Crippen LogP contribution is 2.25. The molecule has 0 unspecified atom stereocenters. The molecule has 0 saturated carbocycles.